The van der Waals surface area contributed by atoms with E-state index in [0.717, 1.165) is 68.7 Å². The van der Waals surface area contributed by atoms with Gasteiger partial charge in [-0.2, -0.15) is 4.98 Å². The Morgan fingerprint density at radius 3 is 2.59 bits per heavy atom. The Balaban J connectivity index is 1.18. The van der Waals surface area contributed by atoms with E-state index in [4.69, 9.17) is 24.2 Å². The van der Waals surface area contributed by atoms with Crippen molar-refractivity contribution in [2.45, 2.75) is 32.8 Å². The zero-order valence-electron chi connectivity index (χ0n) is 23.7. The molecule has 0 radical (unpaired) electrons. The zero-order chi connectivity index (χ0) is 28.4. The molecule has 0 saturated carbocycles. The monoisotopic (exact) mass is 562 g/mol. The number of aromatic nitrogens is 4. The van der Waals surface area contributed by atoms with Gasteiger partial charge in [0.2, 0.25) is 5.95 Å². The Hall–Kier alpha value is -4.19. The molecule has 1 N–H and O–H groups in total. The smallest absolute Gasteiger partial charge is 0.320 e. The molecule has 2 saturated heterocycles. The average molecular weight is 563 g/mol. The summed E-state index contributed by atoms with van der Waals surface area (Å²) in [6.07, 6.45) is 7.14. The molecule has 2 aliphatic rings. The van der Waals surface area contributed by atoms with Crippen LogP contribution in [0.4, 0.5) is 23.4 Å². The molecule has 0 amide bonds. The van der Waals surface area contributed by atoms with Crippen molar-refractivity contribution in [2.75, 3.05) is 74.1 Å². The Morgan fingerprint density at radius 2 is 1.78 bits per heavy atom. The minimum atomic E-state index is -0.183. The van der Waals surface area contributed by atoms with Crippen molar-refractivity contribution in [1.82, 2.24) is 24.8 Å². The number of nitrogens with one attached hydrogen (secondary N) is 1. The molecule has 12 heteroatoms. The maximum Gasteiger partial charge on any atom is 0.320 e. The van der Waals surface area contributed by atoms with E-state index < -0.39 is 0 Å². The number of hydrogen-bond acceptors (Lipinski definition) is 12. The summed E-state index contributed by atoms with van der Waals surface area (Å²) < 4.78 is 17.1. The van der Waals surface area contributed by atoms with Gasteiger partial charge < -0.3 is 29.3 Å². The number of piperazine rings is 1. The molecule has 1 aromatic carbocycles. The molecule has 5 rings (SSSR count). The maximum absolute atomic E-state index is 11.8. The summed E-state index contributed by atoms with van der Waals surface area (Å²) in [7, 11) is 0. The highest BCUT2D eigenvalue weighted by molar-refractivity contribution is 5.71. The van der Waals surface area contributed by atoms with Gasteiger partial charge in [-0.3, -0.25) is 14.7 Å². The predicted octanol–water partition coefficient (Wildman–Crippen LogP) is 3.14. The predicted molar refractivity (Wildman–Crippen MR) is 156 cm³/mol. The van der Waals surface area contributed by atoms with Crippen molar-refractivity contribution in [1.29, 1.82) is 0 Å². The number of benzene rings is 1. The third kappa shape index (κ3) is 7.72. The van der Waals surface area contributed by atoms with Crippen LogP contribution in [-0.4, -0.2) is 95.9 Å². The summed E-state index contributed by atoms with van der Waals surface area (Å²) in [5.74, 6) is 3.97. The highest BCUT2D eigenvalue weighted by Gasteiger charge is 2.24. The molecule has 4 heterocycles. The Labute approximate surface area is 240 Å². The zero-order valence-corrected chi connectivity index (χ0v) is 23.7. The average Bonchev–Trinajstić information content (AvgIpc) is 2.99. The minimum absolute atomic E-state index is 0.0153. The van der Waals surface area contributed by atoms with Crippen molar-refractivity contribution in [3.05, 3.63) is 48.9 Å². The molecular weight excluding hydrogens is 524 g/mol. The lowest BCUT2D eigenvalue weighted by atomic mass is 10.1. The summed E-state index contributed by atoms with van der Waals surface area (Å²) in [5, 5.41) is 3.22. The molecule has 1 atom stereocenters. The van der Waals surface area contributed by atoms with Crippen LogP contribution in [0.2, 0.25) is 0 Å². The number of ether oxygens (including phenoxy) is 3. The molecule has 0 bridgehead atoms. The van der Waals surface area contributed by atoms with Gasteiger partial charge in [-0.15, -0.1) is 0 Å². The van der Waals surface area contributed by atoms with Crippen LogP contribution in [0.1, 0.15) is 26.7 Å². The molecule has 12 nitrogen and oxygen atoms in total. The second-order valence-electron chi connectivity index (χ2n) is 9.90. The molecule has 218 valence electrons. The molecule has 3 aromatic rings. The van der Waals surface area contributed by atoms with Crippen molar-refractivity contribution in [3.8, 4) is 11.5 Å². The van der Waals surface area contributed by atoms with E-state index in [-0.39, 0.29) is 12.1 Å². The van der Waals surface area contributed by atoms with Crippen LogP contribution in [0.3, 0.4) is 0 Å². The number of nitrogens with zero attached hydrogens (tertiary/aromatic N) is 7. The SMILES string of the molecule is CCOC(=O)CN1CCN(c2ccnc(Nc3cncc(N4CCC[C@@H](Oc5ccccc5OCC)C4)n3)n2)CC1. The number of carbonyl (C=O) groups excluding carboxylic acids is 1. The van der Waals surface area contributed by atoms with E-state index in [1.807, 2.05) is 44.2 Å². The summed E-state index contributed by atoms with van der Waals surface area (Å²) in [6, 6.07) is 9.69. The highest BCUT2D eigenvalue weighted by atomic mass is 16.5. The van der Waals surface area contributed by atoms with Crippen LogP contribution in [-0.2, 0) is 9.53 Å². The fraction of sp³-hybridized carbons (Fsp3) is 0.483. The third-order valence-corrected chi connectivity index (χ3v) is 7.00. The molecule has 0 unspecified atom stereocenters. The molecule has 41 heavy (non-hydrogen) atoms. The largest absolute Gasteiger partial charge is 0.490 e. The standard InChI is InChI=1S/C29H38N8O4/c1-3-39-23-9-5-6-10-24(23)41-22-8-7-13-37(20-22)27-19-30-18-25(32-27)33-29-31-12-11-26(34-29)36-16-14-35(15-17-36)21-28(38)40-4-2/h5-6,9-12,18-19,22H,3-4,7-8,13-17,20-21H2,1-2H3,(H,31,32,33,34)/t22-/m1/s1. The van der Waals surface area contributed by atoms with Crippen LogP contribution < -0.4 is 24.6 Å². The topological polar surface area (TPSA) is 118 Å². The Kier molecular flexibility index (Phi) is 9.63. The van der Waals surface area contributed by atoms with E-state index in [0.29, 0.717) is 38.1 Å². The molecular formula is C29H38N8O4. The summed E-state index contributed by atoms with van der Waals surface area (Å²) in [6.45, 7) is 9.72. The fourth-order valence-electron chi connectivity index (χ4n) is 5.04. The van der Waals surface area contributed by atoms with Crippen molar-refractivity contribution in [2.24, 2.45) is 0 Å². The van der Waals surface area contributed by atoms with Gasteiger partial charge in [0.1, 0.15) is 17.7 Å². The lowest BCUT2D eigenvalue weighted by Crippen LogP contribution is -2.48. The lowest BCUT2D eigenvalue weighted by Gasteiger charge is -2.34. The van der Waals surface area contributed by atoms with Gasteiger partial charge in [-0.05, 0) is 44.9 Å². The number of anilines is 4. The van der Waals surface area contributed by atoms with E-state index in [2.05, 4.69) is 30.0 Å². The number of hydrogen-bond donors (Lipinski definition) is 1. The first-order valence-corrected chi connectivity index (χ1v) is 14.3. The van der Waals surface area contributed by atoms with E-state index >= 15 is 0 Å². The van der Waals surface area contributed by atoms with Gasteiger partial charge in [0.05, 0.1) is 38.7 Å². The minimum Gasteiger partial charge on any atom is -0.490 e. The molecule has 0 spiro atoms. The molecule has 2 aliphatic heterocycles. The summed E-state index contributed by atoms with van der Waals surface area (Å²) >= 11 is 0. The quantitative estimate of drug-likeness (QED) is 0.346. The van der Waals surface area contributed by atoms with Gasteiger partial charge in [0.15, 0.2) is 17.3 Å². The highest BCUT2D eigenvalue weighted by Crippen LogP contribution is 2.30. The lowest BCUT2D eigenvalue weighted by molar-refractivity contribution is -0.144. The third-order valence-electron chi connectivity index (χ3n) is 7.00. The Bertz CT molecular complexity index is 1290. The number of esters is 1. The van der Waals surface area contributed by atoms with Gasteiger partial charge in [0.25, 0.3) is 0 Å². The summed E-state index contributed by atoms with van der Waals surface area (Å²) in [5.41, 5.74) is 0. The van der Waals surface area contributed by atoms with Crippen LogP contribution in [0, 0.1) is 0 Å². The van der Waals surface area contributed by atoms with Gasteiger partial charge in [0, 0.05) is 38.9 Å². The molecule has 0 aliphatic carbocycles. The number of piperidine rings is 1. The van der Waals surface area contributed by atoms with Crippen LogP contribution >= 0.6 is 0 Å². The maximum atomic E-state index is 11.8. The van der Waals surface area contributed by atoms with Crippen molar-refractivity contribution >= 4 is 29.4 Å². The van der Waals surface area contributed by atoms with Crippen LogP contribution in [0.25, 0.3) is 0 Å². The Morgan fingerprint density at radius 1 is 0.951 bits per heavy atom. The first-order chi connectivity index (χ1) is 20.1. The first kappa shape index (κ1) is 28.3. The van der Waals surface area contributed by atoms with Crippen molar-refractivity contribution < 1.29 is 19.0 Å². The normalized spacial score (nSPS) is 17.7. The second-order valence-corrected chi connectivity index (χ2v) is 9.90. The number of para-hydroxylation sites is 2. The van der Waals surface area contributed by atoms with E-state index in [9.17, 15) is 4.79 Å². The van der Waals surface area contributed by atoms with Crippen LogP contribution in [0.5, 0.6) is 11.5 Å². The fourth-order valence-corrected chi connectivity index (χ4v) is 5.04. The van der Waals surface area contributed by atoms with Crippen LogP contribution in [0.15, 0.2) is 48.9 Å². The van der Waals surface area contributed by atoms with Crippen molar-refractivity contribution in [3.63, 3.8) is 0 Å². The van der Waals surface area contributed by atoms with Gasteiger partial charge in [-0.1, -0.05) is 12.1 Å². The molecule has 2 aromatic heterocycles. The second kappa shape index (κ2) is 13.9. The van der Waals surface area contributed by atoms with Gasteiger partial charge in [-0.25, -0.2) is 9.97 Å². The first-order valence-electron chi connectivity index (χ1n) is 14.3. The van der Waals surface area contributed by atoms with Gasteiger partial charge >= 0.3 is 5.97 Å². The van der Waals surface area contributed by atoms with E-state index in [1.54, 1.807) is 18.6 Å². The number of rotatable bonds is 11. The molecule has 2 fully saturated rings. The summed E-state index contributed by atoms with van der Waals surface area (Å²) in [4.78, 5) is 36.6. The van der Waals surface area contributed by atoms with E-state index in [1.165, 1.54) is 0 Å². The number of carbonyl (C=O) groups is 1.